The van der Waals surface area contributed by atoms with Crippen LogP contribution in [0.15, 0.2) is 55.3 Å². The third-order valence-corrected chi connectivity index (χ3v) is 3.31. The average molecular weight is 295 g/mol. The summed E-state index contributed by atoms with van der Waals surface area (Å²) in [7, 11) is 0. The van der Waals surface area contributed by atoms with E-state index in [1.54, 1.807) is 23.2 Å². The van der Waals surface area contributed by atoms with Crippen LogP contribution in [0.2, 0.25) is 0 Å². The molecule has 4 nitrogen and oxygen atoms in total. The van der Waals surface area contributed by atoms with Gasteiger partial charge in [0.15, 0.2) is 0 Å². The average Bonchev–Trinajstić information content (AvgIpc) is 2.54. The molecule has 2 rings (SSSR count). The number of rotatable bonds is 6. The van der Waals surface area contributed by atoms with Gasteiger partial charge in [-0.05, 0) is 43.7 Å². The Labute approximate surface area is 131 Å². The molecule has 22 heavy (non-hydrogen) atoms. The summed E-state index contributed by atoms with van der Waals surface area (Å²) in [6.07, 6.45) is 3.44. The molecule has 0 spiro atoms. The minimum absolute atomic E-state index is 0.0941. The molecule has 0 aliphatic heterocycles. The number of pyridine rings is 1. The van der Waals surface area contributed by atoms with Gasteiger partial charge in [0.1, 0.15) is 5.69 Å². The maximum atomic E-state index is 12.6. The molecule has 1 heterocycles. The molecule has 0 unspecified atom stereocenters. The minimum atomic E-state index is -0.0941. The lowest BCUT2D eigenvalue weighted by atomic mass is 10.2. The maximum Gasteiger partial charge on any atom is 0.276 e. The number of nitrogens with one attached hydrogen (secondary N) is 1. The Morgan fingerprint density at radius 1 is 1.36 bits per heavy atom. The molecule has 114 valence electrons. The second-order valence-corrected chi connectivity index (χ2v) is 4.99. The number of amides is 1. The normalized spacial score (nSPS) is 10.1. The van der Waals surface area contributed by atoms with Crippen LogP contribution < -0.4 is 10.2 Å². The van der Waals surface area contributed by atoms with Gasteiger partial charge < -0.3 is 10.2 Å². The first-order chi connectivity index (χ1) is 10.7. The lowest BCUT2D eigenvalue weighted by molar-refractivity contribution is 0.0983. The van der Waals surface area contributed by atoms with Crippen molar-refractivity contribution in [2.75, 3.05) is 23.3 Å². The van der Waals surface area contributed by atoms with Crippen LogP contribution in [0.25, 0.3) is 0 Å². The fourth-order valence-electron chi connectivity index (χ4n) is 2.19. The summed E-state index contributed by atoms with van der Waals surface area (Å²) < 4.78 is 0. The van der Waals surface area contributed by atoms with Crippen LogP contribution in [0.1, 0.15) is 23.0 Å². The Bertz CT molecular complexity index is 650. The molecule has 1 aromatic carbocycles. The second-order valence-electron chi connectivity index (χ2n) is 4.99. The molecule has 0 fully saturated rings. The summed E-state index contributed by atoms with van der Waals surface area (Å²) in [6, 6.07) is 11.5. The Kier molecular flexibility index (Phi) is 5.31. The first kappa shape index (κ1) is 15.8. The fraction of sp³-hybridized carbons (Fsp3) is 0.222. The number of carbonyl (C=O) groups is 1. The molecule has 1 N–H and O–H groups in total. The van der Waals surface area contributed by atoms with Crippen LogP contribution >= 0.6 is 0 Å². The van der Waals surface area contributed by atoms with Crippen molar-refractivity contribution in [1.29, 1.82) is 0 Å². The van der Waals surface area contributed by atoms with E-state index in [1.807, 2.05) is 44.2 Å². The lowest BCUT2D eigenvalue weighted by Crippen LogP contribution is -2.31. The fourth-order valence-corrected chi connectivity index (χ4v) is 2.19. The van der Waals surface area contributed by atoms with Gasteiger partial charge in [0.05, 0.1) is 11.9 Å². The molecule has 0 saturated heterocycles. The molecule has 0 bridgehead atoms. The molecule has 1 amide bonds. The Morgan fingerprint density at radius 3 is 2.77 bits per heavy atom. The van der Waals surface area contributed by atoms with Crippen molar-refractivity contribution in [2.45, 2.75) is 13.8 Å². The van der Waals surface area contributed by atoms with E-state index in [4.69, 9.17) is 0 Å². The molecule has 0 aliphatic carbocycles. The first-order valence-corrected chi connectivity index (χ1v) is 7.35. The smallest absolute Gasteiger partial charge is 0.276 e. The number of nitrogens with zero attached hydrogens (tertiary/aromatic N) is 2. The molecular formula is C18H21N3O. The van der Waals surface area contributed by atoms with Crippen molar-refractivity contribution in [3.05, 3.63) is 66.5 Å². The second kappa shape index (κ2) is 7.41. The number of aromatic nitrogens is 1. The third kappa shape index (κ3) is 3.73. The van der Waals surface area contributed by atoms with Crippen molar-refractivity contribution in [1.82, 2.24) is 4.98 Å². The number of benzene rings is 1. The van der Waals surface area contributed by atoms with Gasteiger partial charge in [-0.25, -0.2) is 4.98 Å². The van der Waals surface area contributed by atoms with Gasteiger partial charge in [0.2, 0.25) is 0 Å². The predicted octanol–water partition coefficient (Wildman–Crippen LogP) is 3.65. The number of hydrogen-bond donors (Lipinski definition) is 1. The molecule has 4 heteroatoms. The van der Waals surface area contributed by atoms with E-state index in [2.05, 4.69) is 16.9 Å². The maximum absolute atomic E-state index is 12.6. The quantitative estimate of drug-likeness (QED) is 0.827. The summed E-state index contributed by atoms with van der Waals surface area (Å²) in [5.41, 5.74) is 3.33. The van der Waals surface area contributed by atoms with Crippen LogP contribution in [-0.4, -0.2) is 24.0 Å². The highest BCUT2D eigenvalue weighted by Gasteiger charge is 2.17. The zero-order valence-electron chi connectivity index (χ0n) is 13.0. The van der Waals surface area contributed by atoms with Gasteiger partial charge in [-0.15, -0.1) is 6.58 Å². The summed E-state index contributed by atoms with van der Waals surface area (Å²) in [5.74, 6) is -0.0941. The van der Waals surface area contributed by atoms with E-state index >= 15 is 0 Å². The topological polar surface area (TPSA) is 45.2 Å². The van der Waals surface area contributed by atoms with E-state index in [-0.39, 0.29) is 5.91 Å². The lowest BCUT2D eigenvalue weighted by Gasteiger charge is -2.21. The number of anilines is 2. The van der Waals surface area contributed by atoms with Crippen molar-refractivity contribution in [3.63, 3.8) is 0 Å². The van der Waals surface area contributed by atoms with Gasteiger partial charge in [-0.3, -0.25) is 4.79 Å². The molecular weight excluding hydrogens is 274 g/mol. The molecule has 2 aromatic rings. The first-order valence-electron chi connectivity index (χ1n) is 7.35. The van der Waals surface area contributed by atoms with Gasteiger partial charge in [-0.1, -0.05) is 18.2 Å². The van der Waals surface area contributed by atoms with E-state index in [0.29, 0.717) is 18.8 Å². The monoisotopic (exact) mass is 295 g/mol. The summed E-state index contributed by atoms with van der Waals surface area (Å²) >= 11 is 0. The molecule has 0 aliphatic rings. The molecule has 1 aromatic heterocycles. The predicted molar refractivity (Wildman–Crippen MR) is 91.5 cm³/mol. The third-order valence-electron chi connectivity index (χ3n) is 3.31. The van der Waals surface area contributed by atoms with E-state index in [9.17, 15) is 4.79 Å². The zero-order chi connectivity index (χ0) is 15.9. The van der Waals surface area contributed by atoms with Crippen LogP contribution in [0.5, 0.6) is 0 Å². The van der Waals surface area contributed by atoms with Crippen LogP contribution in [0.3, 0.4) is 0 Å². The van der Waals surface area contributed by atoms with Crippen molar-refractivity contribution in [3.8, 4) is 0 Å². The largest absolute Gasteiger partial charge is 0.380 e. The highest BCUT2D eigenvalue weighted by Crippen LogP contribution is 2.18. The van der Waals surface area contributed by atoms with E-state index < -0.39 is 0 Å². The molecule has 0 radical (unpaired) electrons. The van der Waals surface area contributed by atoms with Crippen LogP contribution in [0.4, 0.5) is 11.4 Å². The summed E-state index contributed by atoms with van der Waals surface area (Å²) in [5, 5.41) is 3.14. The van der Waals surface area contributed by atoms with Crippen LogP contribution in [0, 0.1) is 6.92 Å². The van der Waals surface area contributed by atoms with E-state index in [0.717, 1.165) is 16.9 Å². The van der Waals surface area contributed by atoms with Crippen molar-refractivity contribution < 1.29 is 4.79 Å². The van der Waals surface area contributed by atoms with Gasteiger partial charge in [-0.2, -0.15) is 0 Å². The minimum Gasteiger partial charge on any atom is -0.380 e. The SMILES string of the molecule is C=CCNc1ccc(C(=O)N(CC)c2cccc(C)c2)nc1. The molecule has 0 saturated carbocycles. The number of carbonyl (C=O) groups excluding carboxylic acids is 1. The summed E-state index contributed by atoms with van der Waals surface area (Å²) in [6.45, 7) is 8.89. The Hall–Kier alpha value is -2.62. The van der Waals surface area contributed by atoms with Gasteiger partial charge >= 0.3 is 0 Å². The Morgan fingerprint density at radius 2 is 2.18 bits per heavy atom. The zero-order valence-corrected chi connectivity index (χ0v) is 13.0. The standard InChI is InChI=1S/C18H21N3O/c1-4-11-19-15-9-10-17(20-13-15)18(22)21(5-2)16-8-6-7-14(3)12-16/h4,6-10,12-13,19H,1,5,11H2,2-3H3. The van der Waals surface area contributed by atoms with Gasteiger partial charge in [0.25, 0.3) is 5.91 Å². The highest BCUT2D eigenvalue weighted by molar-refractivity contribution is 6.04. The molecule has 0 atom stereocenters. The van der Waals surface area contributed by atoms with Gasteiger partial charge in [0, 0.05) is 18.8 Å². The van der Waals surface area contributed by atoms with Crippen molar-refractivity contribution >= 4 is 17.3 Å². The van der Waals surface area contributed by atoms with Crippen molar-refractivity contribution in [2.24, 2.45) is 0 Å². The number of aryl methyl sites for hydroxylation is 1. The van der Waals surface area contributed by atoms with E-state index in [1.165, 1.54) is 0 Å². The highest BCUT2D eigenvalue weighted by atomic mass is 16.2. The summed E-state index contributed by atoms with van der Waals surface area (Å²) in [4.78, 5) is 18.6. The number of hydrogen-bond acceptors (Lipinski definition) is 3. The van der Waals surface area contributed by atoms with Crippen LogP contribution in [-0.2, 0) is 0 Å². The Balaban J connectivity index is 2.19.